The molecule has 1 aliphatic rings. The molecule has 1 saturated heterocycles. The summed E-state index contributed by atoms with van der Waals surface area (Å²) >= 11 is 11.9. The minimum atomic E-state index is -3.44. The molecule has 4 nitrogen and oxygen atoms in total. The van der Waals surface area contributed by atoms with Crippen LogP contribution in [0.4, 0.5) is 5.69 Å². The third-order valence-corrected chi connectivity index (χ3v) is 5.13. The van der Waals surface area contributed by atoms with Gasteiger partial charge in [-0.15, -0.1) is 0 Å². The van der Waals surface area contributed by atoms with Crippen LogP contribution in [0.25, 0.3) is 0 Å². The highest BCUT2D eigenvalue weighted by Crippen LogP contribution is 2.31. The van der Waals surface area contributed by atoms with Gasteiger partial charge in [0.05, 0.1) is 21.5 Å². The number of para-hydroxylation sites is 1. The number of hydrogen-bond donors (Lipinski definition) is 2. The number of rotatable bonds is 4. The Hall–Kier alpha value is -0.490. The molecular weight excluding hydrogens is 307 g/mol. The summed E-state index contributed by atoms with van der Waals surface area (Å²) in [6.45, 7) is 1.69. The van der Waals surface area contributed by atoms with Crippen molar-refractivity contribution in [2.75, 3.05) is 23.6 Å². The third kappa shape index (κ3) is 4.24. The molecule has 0 aromatic heterocycles. The molecule has 1 heterocycles. The van der Waals surface area contributed by atoms with Crippen molar-refractivity contribution >= 4 is 38.9 Å². The van der Waals surface area contributed by atoms with E-state index in [1.54, 1.807) is 18.2 Å². The van der Waals surface area contributed by atoms with Crippen molar-refractivity contribution in [1.29, 1.82) is 0 Å². The fourth-order valence-corrected chi connectivity index (χ4v) is 4.29. The summed E-state index contributed by atoms with van der Waals surface area (Å²) in [7, 11) is -3.44. The number of benzene rings is 1. The largest absolute Gasteiger partial charge is 0.316 e. The van der Waals surface area contributed by atoms with Crippen LogP contribution in [0.2, 0.25) is 10.0 Å². The SMILES string of the molecule is O=S(=O)(CC1CCCNC1)Nc1c(Cl)cccc1Cl. The normalized spacial score (nSPS) is 20.2. The molecule has 1 aromatic rings. The molecule has 0 spiro atoms. The molecule has 1 fully saturated rings. The van der Waals surface area contributed by atoms with Crippen molar-refractivity contribution in [3.05, 3.63) is 28.2 Å². The minimum Gasteiger partial charge on any atom is -0.316 e. The van der Waals surface area contributed by atoms with Gasteiger partial charge in [0.15, 0.2) is 0 Å². The molecule has 2 rings (SSSR count). The van der Waals surface area contributed by atoms with Crippen LogP contribution in [-0.4, -0.2) is 27.3 Å². The Balaban J connectivity index is 2.08. The van der Waals surface area contributed by atoms with Crippen LogP contribution in [0, 0.1) is 5.92 Å². The van der Waals surface area contributed by atoms with Crippen LogP contribution >= 0.6 is 23.2 Å². The molecule has 0 bridgehead atoms. The first-order chi connectivity index (χ1) is 8.98. The summed E-state index contributed by atoms with van der Waals surface area (Å²) in [5, 5.41) is 3.81. The van der Waals surface area contributed by atoms with Gasteiger partial charge in [0, 0.05) is 0 Å². The maximum atomic E-state index is 12.1. The number of nitrogens with one attached hydrogen (secondary N) is 2. The van der Waals surface area contributed by atoms with Gasteiger partial charge in [-0.3, -0.25) is 4.72 Å². The molecule has 1 atom stereocenters. The number of piperidine rings is 1. The molecule has 0 aliphatic carbocycles. The number of hydrogen-bond acceptors (Lipinski definition) is 3. The van der Waals surface area contributed by atoms with Crippen LogP contribution in [0.3, 0.4) is 0 Å². The van der Waals surface area contributed by atoms with E-state index in [4.69, 9.17) is 23.2 Å². The summed E-state index contributed by atoms with van der Waals surface area (Å²) in [6, 6.07) is 4.88. The number of sulfonamides is 1. The average molecular weight is 323 g/mol. The summed E-state index contributed by atoms with van der Waals surface area (Å²) in [5.41, 5.74) is 0.259. The average Bonchev–Trinajstić information content (AvgIpc) is 2.35. The van der Waals surface area contributed by atoms with Crippen LogP contribution in [0.5, 0.6) is 0 Å². The van der Waals surface area contributed by atoms with Crippen LogP contribution in [0.15, 0.2) is 18.2 Å². The molecular formula is C12H16Cl2N2O2S. The zero-order chi connectivity index (χ0) is 13.9. The van der Waals surface area contributed by atoms with Gasteiger partial charge in [-0.25, -0.2) is 8.42 Å². The summed E-state index contributed by atoms with van der Waals surface area (Å²) in [6.07, 6.45) is 1.93. The second-order valence-corrected chi connectivity index (χ2v) is 7.27. The highest BCUT2D eigenvalue weighted by molar-refractivity contribution is 7.92. The van der Waals surface area contributed by atoms with Crippen LogP contribution in [0.1, 0.15) is 12.8 Å². The third-order valence-electron chi connectivity index (χ3n) is 3.07. The van der Waals surface area contributed by atoms with Gasteiger partial charge in [0.1, 0.15) is 0 Å². The minimum absolute atomic E-state index is 0.0849. The van der Waals surface area contributed by atoms with Gasteiger partial charge >= 0.3 is 0 Å². The van der Waals surface area contributed by atoms with Gasteiger partial charge in [-0.1, -0.05) is 29.3 Å². The number of halogens is 2. The van der Waals surface area contributed by atoms with Crippen molar-refractivity contribution in [2.24, 2.45) is 5.92 Å². The Kier molecular flexibility index (Phi) is 4.95. The highest BCUT2D eigenvalue weighted by atomic mass is 35.5. The van der Waals surface area contributed by atoms with Gasteiger partial charge < -0.3 is 5.32 Å². The van der Waals surface area contributed by atoms with E-state index in [1.807, 2.05) is 0 Å². The van der Waals surface area contributed by atoms with E-state index < -0.39 is 10.0 Å². The Bertz CT molecular complexity index is 522. The van der Waals surface area contributed by atoms with Gasteiger partial charge in [-0.2, -0.15) is 0 Å². The van der Waals surface area contributed by atoms with Crippen LogP contribution < -0.4 is 10.0 Å². The maximum absolute atomic E-state index is 12.1. The lowest BCUT2D eigenvalue weighted by atomic mass is 10.0. The van der Waals surface area contributed by atoms with E-state index >= 15 is 0 Å². The molecule has 7 heteroatoms. The van der Waals surface area contributed by atoms with Crippen LogP contribution in [-0.2, 0) is 10.0 Å². The summed E-state index contributed by atoms with van der Waals surface area (Å²) in [5.74, 6) is 0.217. The molecule has 0 saturated carbocycles. The van der Waals surface area contributed by atoms with Crippen molar-refractivity contribution in [3.63, 3.8) is 0 Å². The van der Waals surface area contributed by atoms with E-state index in [0.29, 0.717) is 10.0 Å². The standard InChI is InChI=1S/C12H16Cl2N2O2S/c13-10-4-1-5-11(14)12(10)16-19(17,18)8-9-3-2-6-15-7-9/h1,4-5,9,15-16H,2-3,6-8H2. The quantitative estimate of drug-likeness (QED) is 0.896. The van der Waals surface area contributed by atoms with Crippen molar-refractivity contribution in [3.8, 4) is 0 Å². The van der Waals surface area contributed by atoms with E-state index in [2.05, 4.69) is 10.0 Å². The van der Waals surface area contributed by atoms with Gasteiger partial charge in [0.25, 0.3) is 0 Å². The predicted octanol–water partition coefficient (Wildman–Crippen LogP) is 2.73. The lowest BCUT2D eigenvalue weighted by molar-refractivity contribution is 0.404. The van der Waals surface area contributed by atoms with Gasteiger partial charge in [0.2, 0.25) is 10.0 Å². The Morgan fingerprint density at radius 2 is 2.00 bits per heavy atom. The molecule has 0 radical (unpaired) electrons. The molecule has 1 unspecified atom stereocenters. The lowest BCUT2D eigenvalue weighted by Crippen LogP contribution is -2.35. The van der Waals surface area contributed by atoms with E-state index in [0.717, 1.165) is 25.9 Å². The smallest absolute Gasteiger partial charge is 0.233 e. The fraction of sp³-hybridized carbons (Fsp3) is 0.500. The van der Waals surface area contributed by atoms with Crippen molar-refractivity contribution < 1.29 is 8.42 Å². The first kappa shape index (κ1) is 14.9. The zero-order valence-electron chi connectivity index (χ0n) is 10.3. The first-order valence-electron chi connectivity index (χ1n) is 6.13. The fourth-order valence-electron chi connectivity index (χ4n) is 2.17. The van der Waals surface area contributed by atoms with Crippen molar-refractivity contribution in [1.82, 2.24) is 5.32 Å². The second-order valence-electron chi connectivity index (χ2n) is 4.69. The molecule has 2 N–H and O–H groups in total. The first-order valence-corrected chi connectivity index (χ1v) is 8.54. The Morgan fingerprint density at radius 1 is 1.32 bits per heavy atom. The lowest BCUT2D eigenvalue weighted by Gasteiger charge is -2.23. The maximum Gasteiger partial charge on any atom is 0.233 e. The second kappa shape index (κ2) is 6.31. The van der Waals surface area contributed by atoms with E-state index in [-0.39, 0.29) is 17.4 Å². The molecule has 1 aliphatic heterocycles. The number of anilines is 1. The molecule has 1 aromatic carbocycles. The molecule has 0 amide bonds. The summed E-state index contributed by atoms with van der Waals surface area (Å²) < 4.78 is 26.7. The van der Waals surface area contributed by atoms with Gasteiger partial charge in [-0.05, 0) is 44.0 Å². The highest BCUT2D eigenvalue weighted by Gasteiger charge is 2.22. The van der Waals surface area contributed by atoms with Crippen molar-refractivity contribution in [2.45, 2.75) is 12.8 Å². The van der Waals surface area contributed by atoms with E-state index in [1.165, 1.54) is 0 Å². The Labute approximate surface area is 123 Å². The molecule has 19 heavy (non-hydrogen) atoms. The monoisotopic (exact) mass is 322 g/mol. The topological polar surface area (TPSA) is 58.2 Å². The Morgan fingerprint density at radius 3 is 2.58 bits per heavy atom. The van der Waals surface area contributed by atoms with E-state index in [9.17, 15) is 8.42 Å². The summed E-state index contributed by atoms with van der Waals surface area (Å²) in [4.78, 5) is 0. The predicted molar refractivity (Wildman–Crippen MR) is 79.5 cm³/mol. The zero-order valence-corrected chi connectivity index (χ0v) is 12.7. The molecule has 106 valence electrons.